The smallest absolute Gasteiger partial charge is 0.277 e. The van der Waals surface area contributed by atoms with Crippen LogP contribution in [0, 0.1) is 12.9 Å². The maximum Gasteiger partial charge on any atom is 0.277 e. The van der Waals surface area contributed by atoms with Gasteiger partial charge in [0.2, 0.25) is 28.5 Å². The van der Waals surface area contributed by atoms with Crippen LogP contribution in [0.25, 0.3) is 11.1 Å². The topological polar surface area (TPSA) is 121 Å². The van der Waals surface area contributed by atoms with E-state index < -0.39 is 38.2 Å². The van der Waals surface area contributed by atoms with Gasteiger partial charge < -0.3 is 14.6 Å². The molecule has 0 amide bonds. The second kappa shape index (κ2) is 11.3. The maximum absolute atomic E-state index is 14.1. The maximum atomic E-state index is 14.1. The molecule has 1 atom stereocenters. The Morgan fingerprint density at radius 2 is 1.80 bits per heavy atom. The normalized spacial score (nSPS) is 13.4. The van der Waals surface area contributed by atoms with Gasteiger partial charge in [0.1, 0.15) is 5.82 Å². The third kappa shape index (κ3) is 5.17. The van der Waals surface area contributed by atoms with Gasteiger partial charge >= 0.3 is 0 Å². The second-order valence-electron chi connectivity index (χ2n) is 9.76. The number of aromatic nitrogens is 3. The Morgan fingerprint density at radius 1 is 1.05 bits per heavy atom. The molecule has 0 saturated heterocycles. The van der Waals surface area contributed by atoms with Crippen molar-refractivity contribution in [2.24, 2.45) is 0 Å². The minimum atomic E-state index is -4.49. The van der Waals surface area contributed by atoms with E-state index in [1.165, 1.54) is 22.8 Å². The molecule has 0 aliphatic carbocycles. The minimum Gasteiger partial charge on any atom is -0.492 e. The number of pyridine rings is 1. The molecule has 0 saturated carbocycles. The monoisotopic (exact) mass is 579 g/mol. The Bertz CT molecular complexity index is 1770. The van der Waals surface area contributed by atoms with E-state index in [4.69, 9.17) is 9.47 Å². The summed E-state index contributed by atoms with van der Waals surface area (Å²) in [7, 11) is -4.49. The Labute approximate surface area is 237 Å². The van der Waals surface area contributed by atoms with Crippen LogP contribution < -0.4 is 15.0 Å². The summed E-state index contributed by atoms with van der Waals surface area (Å²) >= 11 is 0. The Morgan fingerprint density at radius 3 is 2.49 bits per heavy atom. The summed E-state index contributed by atoms with van der Waals surface area (Å²) in [6, 6.07) is 13.3. The number of rotatable bonds is 9. The number of nitrogens with zero attached hydrogens (tertiary/aromatic N) is 3. The summed E-state index contributed by atoms with van der Waals surface area (Å²) in [5.41, 5.74) is 1.49. The summed E-state index contributed by atoms with van der Waals surface area (Å²) in [6.45, 7) is 5.55. The average Bonchev–Trinajstić information content (AvgIpc) is 3.43. The molecule has 5 rings (SSSR count). The van der Waals surface area contributed by atoms with E-state index in [-0.39, 0.29) is 17.5 Å². The van der Waals surface area contributed by atoms with Gasteiger partial charge in [0.25, 0.3) is 5.56 Å². The number of benzene rings is 2. The molecule has 9 nitrogen and oxygen atoms in total. The molecule has 2 aromatic carbocycles. The molecule has 1 aliphatic rings. The van der Waals surface area contributed by atoms with Crippen LogP contribution in [0.1, 0.15) is 56.2 Å². The number of fused-ring (bicyclic) bond motifs is 1. The summed E-state index contributed by atoms with van der Waals surface area (Å²) in [5, 5.41) is 10.9. The number of aromatic hydroxyl groups is 1. The van der Waals surface area contributed by atoms with Crippen LogP contribution in [0.5, 0.6) is 17.4 Å². The van der Waals surface area contributed by atoms with Crippen LogP contribution in [0.4, 0.5) is 4.39 Å². The van der Waals surface area contributed by atoms with Gasteiger partial charge in [0, 0.05) is 23.2 Å². The summed E-state index contributed by atoms with van der Waals surface area (Å²) in [6.07, 6.45) is 2.27. The molecule has 4 aromatic rings. The molecule has 3 heterocycles. The highest BCUT2D eigenvalue weighted by molar-refractivity contribution is 7.91. The molecule has 41 heavy (non-hydrogen) atoms. The van der Waals surface area contributed by atoms with E-state index in [0.29, 0.717) is 53.1 Å². The highest BCUT2D eigenvalue weighted by Crippen LogP contribution is 2.41. The van der Waals surface area contributed by atoms with Crippen LogP contribution in [0.2, 0.25) is 0 Å². The van der Waals surface area contributed by atoms with Gasteiger partial charge in [-0.3, -0.25) is 9.36 Å². The molecular weight excluding hydrogens is 549 g/mol. The third-order valence-electron chi connectivity index (χ3n) is 7.16. The molecule has 11 heteroatoms. The number of aryl methyl sites for hydroxylation is 2. The van der Waals surface area contributed by atoms with Gasteiger partial charge in [-0.2, -0.15) is 9.37 Å². The zero-order valence-electron chi connectivity index (χ0n) is 22.9. The molecule has 2 aromatic heterocycles. The van der Waals surface area contributed by atoms with E-state index >= 15 is 0 Å². The molecule has 1 aliphatic heterocycles. The lowest BCUT2D eigenvalue weighted by molar-refractivity contribution is 0.172. The van der Waals surface area contributed by atoms with E-state index in [0.717, 1.165) is 6.42 Å². The van der Waals surface area contributed by atoms with Gasteiger partial charge in [0.05, 0.1) is 10.9 Å². The van der Waals surface area contributed by atoms with Crippen molar-refractivity contribution in [2.75, 3.05) is 6.79 Å². The number of para-hydroxylation sites is 1. The first-order chi connectivity index (χ1) is 19.7. The fraction of sp³-hybridized carbons (Fsp3) is 0.300. The van der Waals surface area contributed by atoms with E-state index in [1.54, 1.807) is 37.3 Å². The number of ether oxygens (including phenoxy) is 2. The quantitative estimate of drug-likeness (QED) is 0.263. The molecule has 214 valence electrons. The highest BCUT2D eigenvalue weighted by atomic mass is 32.2. The van der Waals surface area contributed by atoms with E-state index in [2.05, 4.69) is 9.97 Å². The zero-order valence-corrected chi connectivity index (χ0v) is 23.7. The molecule has 1 N–H and O–H groups in total. The van der Waals surface area contributed by atoms with Crippen molar-refractivity contribution in [1.82, 2.24) is 14.5 Å². The van der Waals surface area contributed by atoms with E-state index in [9.17, 15) is 22.7 Å². The van der Waals surface area contributed by atoms with Crippen LogP contribution in [0.3, 0.4) is 0 Å². The predicted molar refractivity (Wildman–Crippen MR) is 150 cm³/mol. The summed E-state index contributed by atoms with van der Waals surface area (Å²) in [4.78, 5) is 21.2. The minimum absolute atomic E-state index is 0.0390. The molecular formula is C30H30FN3O6S. The first-order valence-corrected chi connectivity index (χ1v) is 14.9. The number of hydrogen-bond donors (Lipinski definition) is 1. The lowest BCUT2D eigenvalue weighted by atomic mass is 10.0. The summed E-state index contributed by atoms with van der Waals surface area (Å²) < 4.78 is 53.7. The molecule has 0 bridgehead atoms. The average molecular weight is 580 g/mol. The van der Waals surface area contributed by atoms with Crippen molar-refractivity contribution < 1.29 is 27.4 Å². The van der Waals surface area contributed by atoms with Gasteiger partial charge in [-0.25, -0.2) is 13.4 Å². The SMILES string of the molecule is CCCCc1nc(O)c(S(=O)(=O)c2ccc(-c3ccc(F)nc3C)cc2)c(=O)n1[C@@H](CC)c1cccc2c1OCO2. The van der Waals surface area contributed by atoms with Crippen LogP contribution in [0.15, 0.2) is 69.2 Å². The summed E-state index contributed by atoms with van der Waals surface area (Å²) in [5.74, 6) is -0.141. The van der Waals surface area contributed by atoms with Crippen molar-refractivity contribution in [3.8, 4) is 28.5 Å². The van der Waals surface area contributed by atoms with Crippen molar-refractivity contribution in [3.05, 3.63) is 88.0 Å². The Hall–Kier alpha value is -4.25. The van der Waals surface area contributed by atoms with Crippen LogP contribution in [-0.4, -0.2) is 34.9 Å². The standard InChI is InChI=1S/C30H30FN3O6S/c1-4-6-10-26-33-29(35)28(30(36)34(26)23(5-2)22-8-7-9-24-27(22)40-17-39-24)41(37,38)20-13-11-19(12-14-20)21-15-16-25(31)32-18(21)3/h7-9,11-16,23,35H,4-6,10,17H2,1-3H3/t23-/m0/s1. The van der Waals surface area contributed by atoms with Crippen LogP contribution in [-0.2, 0) is 16.3 Å². The lowest BCUT2D eigenvalue weighted by Gasteiger charge is -2.24. The fourth-order valence-electron chi connectivity index (χ4n) is 5.14. The number of sulfone groups is 1. The fourth-order valence-corrected chi connectivity index (χ4v) is 6.49. The van der Waals surface area contributed by atoms with Gasteiger partial charge in [-0.1, -0.05) is 44.5 Å². The zero-order chi connectivity index (χ0) is 29.3. The van der Waals surface area contributed by atoms with Crippen molar-refractivity contribution >= 4 is 9.84 Å². The molecule has 0 spiro atoms. The van der Waals surface area contributed by atoms with Crippen molar-refractivity contribution in [2.45, 2.75) is 62.3 Å². The molecule has 0 radical (unpaired) electrons. The highest BCUT2D eigenvalue weighted by Gasteiger charge is 2.33. The van der Waals surface area contributed by atoms with Gasteiger partial charge in [0.15, 0.2) is 16.4 Å². The number of unbranched alkanes of at least 4 members (excludes halogenated alkanes) is 1. The molecule has 0 fully saturated rings. The predicted octanol–water partition coefficient (Wildman–Crippen LogP) is 5.36. The Balaban J connectivity index is 1.64. The van der Waals surface area contributed by atoms with Crippen LogP contribution >= 0.6 is 0 Å². The lowest BCUT2D eigenvalue weighted by Crippen LogP contribution is -2.33. The third-order valence-corrected chi connectivity index (χ3v) is 8.95. The van der Waals surface area contributed by atoms with Crippen molar-refractivity contribution in [1.29, 1.82) is 0 Å². The molecule has 0 unspecified atom stereocenters. The van der Waals surface area contributed by atoms with Crippen molar-refractivity contribution in [3.63, 3.8) is 0 Å². The Kier molecular flexibility index (Phi) is 7.81. The van der Waals surface area contributed by atoms with E-state index in [1.807, 2.05) is 19.9 Å². The first-order valence-electron chi connectivity index (χ1n) is 13.4. The first kappa shape index (κ1) is 28.3. The number of halogens is 1. The van der Waals surface area contributed by atoms with Gasteiger partial charge in [-0.05, 0) is 55.7 Å². The largest absolute Gasteiger partial charge is 0.492 e. The number of hydrogen-bond acceptors (Lipinski definition) is 8. The van der Waals surface area contributed by atoms with Gasteiger partial charge in [-0.15, -0.1) is 0 Å². The second-order valence-corrected chi connectivity index (χ2v) is 11.6.